The average molecular weight is 227 g/mol. The van der Waals surface area contributed by atoms with Gasteiger partial charge in [-0.25, -0.2) is 0 Å². The molecule has 1 aromatic carbocycles. The normalized spacial score (nSPS) is 13.7. The summed E-state index contributed by atoms with van der Waals surface area (Å²) in [5.41, 5.74) is 0.723. The highest BCUT2D eigenvalue weighted by Crippen LogP contribution is 2.38. The Labute approximate surface area is 92.9 Å². The van der Waals surface area contributed by atoms with Crippen LogP contribution in [0.5, 0.6) is 11.5 Å². The van der Waals surface area contributed by atoms with Gasteiger partial charge in [0.15, 0.2) is 11.5 Å². The molecule has 4 heteroatoms. The summed E-state index contributed by atoms with van der Waals surface area (Å²) in [6.07, 6.45) is 0.283. The highest BCUT2D eigenvalue weighted by Gasteiger charge is 2.19. The van der Waals surface area contributed by atoms with Crippen LogP contribution >= 0.6 is 11.6 Å². The molecular weight excluding hydrogens is 216 g/mol. The van der Waals surface area contributed by atoms with Crippen LogP contribution in [0.3, 0.4) is 0 Å². The summed E-state index contributed by atoms with van der Waals surface area (Å²) < 4.78 is 10.9. The first-order valence-electron chi connectivity index (χ1n) is 4.75. The lowest BCUT2D eigenvalue weighted by Crippen LogP contribution is -2.17. The minimum absolute atomic E-state index is 0.0551. The molecule has 0 unspecified atom stereocenters. The fourth-order valence-electron chi connectivity index (χ4n) is 1.56. The van der Waals surface area contributed by atoms with Crippen LogP contribution in [0.1, 0.15) is 12.5 Å². The molecule has 0 saturated carbocycles. The maximum Gasteiger partial charge on any atom is 0.166 e. The number of halogens is 1. The molecule has 0 amide bonds. The van der Waals surface area contributed by atoms with Crippen molar-refractivity contribution >= 4 is 17.4 Å². The topological polar surface area (TPSA) is 35.5 Å². The number of hydrogen-bond acceptors (Lipinski definition) is 3. The van der Waals surface area contributed by atoms with Crippen molar-refractivity contribution in [3.63, 3.8) is 0 Å². The van der Waals surface area contributed by atoms with Gasteiger partial charge < -0.3 is 9.47 Å². The number of benzene rings is 1. The molecule has 1 aromatic rings. The molecular formula is C11H11ClO3. The van der Waals surface area contributed by atoms with E-state index in [4.69, 9.17) is 21.1 Å². The third-order valence-corrected chi connectivity index (χ3v) is 2.53. The number of hydrogen-bond donors (Lipinski definition) is 0. The molecule has 80 valence electrons. The van der Waals surface area contributed by atoms with Crippen LogP contribution in [-0.4, -0.2) is 19.0 Å². The lowest BCUT2D eigenvalue weighted by Gasteiger charge is -2.21. The number of Topliss-reactive ketones (excluding diaryl/α,β-unsaturated/α-hetero) is 1. The van der Waals surface area contributed by atoms with Crippen LogP contribution in [0, 0.1) is 0 Å². The smallest absolute Gasteiger partial charge is 0.166 e. The summed E-state index contributed by atoms with van der Waals surface area (Å²) in [5, 5.41) is 0.550. The average Bonchev–Trinajstić information content (AvgIpc) is 2.22. The van der Waals surface area contributed by atoms with Crippen LogP contribution in [-0.2, 0) is 11.2 Å². The molecule has 1 aliphatic rings. The van der Waals surface area contributed by atoms with Gasteiger partial charge in [0.2, 0.25) is 0 Å². The van der Waals surface area contributed by atoms with Gasteiger partial charge in [0.25, 0.3) is 0 Å². The van der Waals surface area contributed by atoms with Crippen LogP contribution in [0.2, 0.25) is 5.02 Å². The second-order valence-corrected chi connectivity index (χ2v) is 3.84. The van der Waals surface area contributed by atoms with Crippen molar-refractivity contribution in [3.8, 4) is 11.5 Å². The Bertz CT molecular complexity index is 401. The third kappa shape index (κ3) is 2.07. The highest BCUT2D eigenvalue weighted by molar-refractivity contribution is 6.31. The molecule has 0 atom stereocenters. The molecule has 0 spiro atoms. The maximum absolute atomic E-state index is 11.1. The zero-order chi connectivity index (χ0) is 10.8. The molecule has 0 N–H and O–H groups in total. The number of fused-ring (bicyclic) bond motifs is 1. The number of rotatable bonds is 2. The van der Waals surface area contributed by atoms with Gasteiger partial charge in [0.1, 0.15) is 19.0 Å². The number of ketones is 1. The van der Waals surface area contributed by atoms with E-state index in [1.165, 1.54) is 6.92 Å². The predicted molar refractivity (Wildman–Crippen MR) is 56.8 cm³/mol. The second kappa shape index (κ2) is 4.11. The summed E-state index contributed by atoms with van der Waals surface area (Å²) in [4.78, 5) is 11.1. The second-order valence-electron chi connectivity index (χ2n) is 3.43. The van der Waals surface area contributed by atoms with E-state index in [0.717, 1.165) is 5.56 Å². The summed E-state index contributed by atoms with van der Waals surface area (Å²) in [5.74, 6) is 1.34. The summed E-state index contributed by atoms with van der Waals surface area (Å²) >= 11 is 6.02. The fraction of sp³-hybridized carbons (Fsp3) is 0.364. The largest absolute Gasteiger partial charge is 0.486 e. The predicted octanol–water partition coefficient (Wildman–Crippen LogP) is 2.24. The number of carbonyl (C=O) groups is 1. The minimum atomic E-state index is 0.0551. The van der Waals surface area contributed by atoms with Gasteiger partial charge in [-0.1, -0.05) is 11.6 Å². The van der Waals surface area contributed by atoms with Gasteiger partial charge in [0.05, 0.1) is 0 Å². The van der Waals surface area contributed by atoms with Crippen molar-refractivity contribution in [2.45, 2.75) is 13.3 Å². The van der Waals surface area contributed by atoms with E-state index in [0.29, 0.717) is 29.7 Å². The van der Waals surface area contributed by atoms with Crippen molar-refractivity contribution in [3.05, 3.63) is 22.7 Å². The van der Waals surface area contributed by atoms with Crippen molar-refractivity contribution in [2.75, 3.05) is 13.2 Å². The Kier molecular flexibility index (Phi) is 2.82. The van der Waals surface area contributed by atoms with E-state index in [1.807, 2.05) is 0 Å². The Hall–Kier alpha value is -1.22. The quantitative estimate of drug-likeness (QED) is 0.776. The molecule has 15 heavy (non-hydrogen) atoms. The number of ether oxygens (including phenoxy) is 2. The van der Waals surface area contributed by atoms with E-state index in [-0.39, 0.29) is 12.2 Å². The Balaban J connectivity index is 2.45. The van der Waals surface area contributed by atoms with Crippen molar-refractivity contribution in [1.82, 2.24) is 0 Å². The Morgan fingerprint density at radius 2 is 2.13 bits per heavy atom. The van der Waals surface area contributed by atoms with Gasteiger partial charge in [-0.15, -0.1) is 0 Å². The fourth-order valence-corrected chi connectivity index (χ4v) is 1.78. The van der Waals surface area contributed by atoms with Crippen LogP contribution in [0.25, 0.3) is 0 Å². The van der Waals surface area contributed by atoms with Crippen molar-refractivity contribution in [2.24, 2.45) is 0 Å². The molecule has 0 aliphatic carbocycles. The molecule has 1 heterocycles. The number of carbonyl (C=O) groups excluding carboxylic acids is 1. The van der Waals surface area contributed by atoms with E-state index in [2.05, 4.69) is 0 Å². The van der Waals surface area contributed by atoms with E-state index in [1.54, 1.807) is 12.1 Å². The van der Waals surface area contributed by atoms with Gasteiger partial charge in [0, 0.05) is 17.0 Å². The zero-order valence-electron chi connectivity index (χ0n) is 8.38. The summed E-state index contributed by atoms with van der Waals surface area (Å²) in [7, 11) is 0. The first-order chi connectivity index (χ1) is 7.18. The molecule has 0 radical (unpaired) electrons. The first-order valence-corrected chi connectivity index (χ1v) is 5.12. The highest BCUT2D eigenvalue weighted by atomic mass is 35.5. The SMILES string of the molecule is CC(=O)Cc1c(Cl)ccc2c1OCCO2. The van der Waals surface area contributed by atoms with E-state index >= 15 is 0 Å². The van der Waals surface area contributed by atoms with Gasteiger partial charge in [-0.3, -0.25) is 4.79 Å². The molecule has 3 nitrogen and oxygen atoms in total. The van der Waals surface area contributed by atoms with E-state index < -0.39 is 0 Å². The monoisotopic (exact) mass is 226 g/mol. The van der Waals surface area contributed by atoms with Crippen molar-refractivity contribution < 1.29 is 14.3 Å². The van der Waals surface area contributed by atoms with Gasteiger partial charge in [-0.2, -0.15) is 0 Å². The van der Waals surface area contributed by atoms with Crippen LogP contribution in [0.15, 0.2) is 12.1 Å². The summed E-state index contributed by atoms with van der Waals surface area (Å²) in [6.45, 7) is 2.56. The Morgan fingerprint density at radius 1 is 1.40 bits per heavy atom. The molecule has 0 fully saturated rings. The van der Waals surface area contributed by atoms with Crippen molar-refractivity contribution in [1.29, 1.82) is 0 Å². The molecule has 0 bridgehead atoms. The zero-order valence-corrected chi connectivity index (χ0v) is 9.13. The lowest BCUT2D eigenvalue weighted by atomic mass is 10.1. The van der Waals surface area contributed by atoms with E-state index in [9.17, 15) is 4.79 Å². The van der Waals surface area contributed by atoms with Gasteiger partial charge in [-0.05, 0) is 19.1 Å². The van der Waals surface area contributed by atoms with Crippen LogP contribution in [0.4, 0.5) is 0 Å². The lowest BCUT2D eigenvalue weighted by molar-refractivity contribution is -0.116. The maximum atomic E-state index is 11.1. The Morgan fingerprint density at radius 3 is 2.87 bits per heavy atom. The molecule has 2 rings (SSSR count). The summed E-state index contributed by atoms with van der Waals surface area (Å²) in [6, 6.07) is 3.49. The molecule has 0 saturated heterocycles. The third-order valence-electron chi connectivity index (χ3n) is 2.18. The standard InChI is InChI=1S/C11H11ClO3/c1-7(13)6-8-9(12)2-3-10-11(8)15-5-4-14-10/h2-3H,4-6H2,1H3. The molecule has 0 aromatic heterocycles. The van der Waals surface area contributed by atoms with Gasteiger partial charge >= 0.3 is 0 Å². The first kappa shape index (κ1) is 10.3. The minimum Gasteiger partial charge on any atom is -0.486 e. The van der Waals surface area contributed by atoms with Crippen LogP contribution < -0.4 is 9.47 Å². The molecule has 1 aliphatic heterocycles.